The van der Waals surface area contributed by atoms with Gasteiger partial charge in [-0.15, -0.1) is 11.3 Å². The Morgan fingerprint density at radius 3 is 2.28 bits per heavy atom. The SMILES string of the molecule is O=S(=O)(Nc1cc(Cl)cc(Cl)c1)c1sccc1Br. The molecule has 18 heavy (non-hydrogen) atoms. The minimum Gasteiger partial charge on any atom is -0.279 e. The molecule has 1 heterocycles. The lowest BCUT2D eigenvalue weighted by Gasteiger charge is -2.07. The van der Waals surface area contributed by atoms with Crippen LogP contribution >= 0.6 is 50.5 Å². The molecule has 0 saturated carbocycles. The maximum atomic E-state index is 12.1. The molecule has 0 saturated heterocycles. The molecule has 1 aromatic carbocycles. The van der Waals surface area contributed by atoms with Crippen molar-refractivity contribution in [3.8, 4) is 0 Å². The third kappa shape index (κ3) is 3.19. The van der Waals surface area contributed by atoms with E-state index in [1.807, 2.05) is 0 Å². The molecule has 1 N–H and O–H groups in total. The maximum Gasteiger partial charge on any atom is 0.272 e. The van der Waals surface area contributed by atoms with E-state index in [2.05, 4.69) is 20.7 Å². The molecule has 2 aromatic rings. The number of hydrogen-bond acceptors (Lipinski definition) is 3. The monoisotopic (exact) mass is 385 g/mol. The van der Waals surface area contributed by atoms with E-state index in [0.717, 1.165) is 11.3 Å². The van der Waals surface area contributed by atoms with Gasteiger partial charge in [-0.3, -0.25) is 4.72 Å². The van der Waals surface area contributed by atoms with Crippen LogP contribution in [0.15, 0.2) is 38.3 Å². The zero-order valence-electron chi connectivity index (χ0n) is 8.65. The van der Waals surface area contributed by atoms with Gasteiger partial charge in [-0.25, -0.2) is 8.42 Å². The first-order valence-electron chi connectivity index (χ1n) is 4.60. The minimum atomic E-state index is -3.63. The van der Waals surface area contributed by atoms with Crippen molar-refractivity contribution in [1.82, 2.24) is 0 Å². The molecule has 0 fully saturated rings. The quantitative estimate of drug-likeness (QED) is 0.836. The Hall–Kier alpha value is -0.270. The fourth-order valence-electron chi connectivity index (χ4n) is 1.29. The Morgan fingerprint density at radius 1 is 1.17 bits per heavy atom. The fourth-order valence-corrected chi connectivity index (χ4v) is 5.19. The number of benzene rings is 1. The van der Waals surface area contributed by atoms with Crippen LogP contribution in [-0.2, 0) is 10.0 Å². The highest BCUT2D eigenvalue weighted by Crippen LogP contribution is 2.30. The summed E-state index contributed by atoms with van der Waals surface area (Å²) in [6.07, 6.45) is 0. The van der Waals surface area contributed by atoms with Crippen LogP contribution in [-0.4, -0.2) is 8.42 Å². The van der Waals surface area contributed by atoms with Gasteiger partial charge in [0, 0.05) is 14.5 Å². The molecule has 1 aromatic heterocycles. The topological polar surface area (TPSA) is 46.2 Å². The first-order valence-corrected chi connectivity index (χ1v) is 8.51. The van der Waals surface area contributed by atoms with Crippen LogP contribution in [0.5, 0.6) is 0 Å². The fraction of sp³-hybridized carbons (Fsp3) is 0. The van der Waals surface area contributed by atoms with Crippen LogP contribution in [0.2, 0.25) is 10.0 Å². The van der Waals surface area contributed by atoms with E-state index in [1.54, 1.807) is 11.4 Å². The number of rotatable bonds is 3. The summed E-state index contributed by atoms with van der Waals surface area (Å²) in [5.74, 6) is 0. The van der Waals surface area contributed by atoms with Crippen molar-refractivity contribution in [3.63, 3.8) is 0 Å². The van der Waals surface area contributed by atoms with Crippen LogP contribution in [0.4, 0.5) is 5.69 Å². The molecule has 0 unspecified atom stereocenters. The van der Waals surface area contributed by atoms with Crippen molar-refractivity contribution in [2.24, 2.45) is 0 Å². The molecular weight excluding hydrogens is 381 g/mol. The van der Waals surface area contributed by atoms with Gasteiger partial charge < -0.3 is 0 Å². The summed E-state index contributed by atoms with van der Waals surface area (Å²) in [5, 5.41) is 2.42. The molecule has 0 spiro atoms. The van der Waals surface area contributed by atoms with Crippen molar-refractivity contribution >= 4 is 66.2 Å². The number of thiophene rings is 1. The molecule has 0 bridgehead atoms. The van der Waals surface area contributed by atoms with Gasteiger partial charge in [0.25, 0.3) is 10.0 Å². The van der Waals surface area contributed by atoms with E-state index in [9.17, 15) is 8.42 Å². The highest BCUT2D eigenvalue weighted by atomic mass is 79.9. The lowest BCUT2D eigenvalue weighted by molar-refractivity contribution is 0.603. The highest BCUT2D eigenvalue weighted by molar-refractivity contribution is 9.10. The lowest BCUT2D eigenvalue weighted by Crippen LogP contribution is -2.11. The Bertz CT molecular complexity index is 665. The third-order valence-electron chi connectivity index (χ3n) is 1.94. The zero-order chi connectivity index (χ0) is 13.3. The van der Waals surface area contributed by atoms with Crippen LogP contribution in [0, 0.1) is 0 Å². The predicted octanol–water partition coefficient (Wildman–Crippen LogP) is 4.62. The highest BCUT2D eigenvalue weighted by Gasteiger charge is 2.19. The smallest absolute Gasteiger partial charge is 0.272 e. The second-order valence-electron chi connectivity index (χ2n) is 3.32. The van der Waals surface area contributed by atoms with Gasteiger partial charge in [0.2, 0.25) is 0 Å². The van der Waals surface area contributed by atoms with Crippen LogP contribution in [0.3, 0.4) is 0 Å². The Balaban J connectivity index is 2.37. The summed E-state index contributed by atoms with van der Waals surface area (Å²) in [6.45, 7) is 0. The minimum absolute atomic E-state index is 0.207. The van der Waals surface area contributed by atoms with Gasteiger partial charge in [0.1, 0.15) is 0 Å². The first-order chi connectivity index (χ1) is 8.38. The molecule has 0 radical (unpaired) electrons. The van der Waals surface area contributed by atoms with E-state index in [1.165, 1.54) is 18.2 Å². The largest absolute Gasteiger partial charge is 0.279 e. The number of hydrogen-bond donors (Lipinski definition) is 1. The van der Waals surface area contributed by atoms with Crippen molar-refractivity contribution in [3.05, 3.63) is 44.2 Å². The summed E-state index contributed by atoms with van der Waals surface area (Å²) in [4.78, 5) is 0. The van der Waals surface area contributed by atoms with E-state index < -0.39 is 10.0 Å². The number of sulfonamides is 1. The van der Waals surface area contributed by atoms with Crippen LogP contribution < -0.4 is 4.72 Å². The molecule has 3 nitrogen and oxygen atoms in total. The van der Waals surface area contributed by atoms with Crippen LogP contribution in [0.1, 0.15) is 0 Å². The summed E-state index contributed by atoms with van der Waals surface area (Å²) in [7, 11) is -3.63. The first kappa shape index (κ1) is 14.1. The normalized spacial score (nSPS) is 11.5. The zero-order valence-corrected chi connectivity index (χ0v) is 13.4. The molecule has 2 rings (SSSR count). The average molecular weight is 387 g/mol. The standard InChI is InChI=1S/C10H6BrCl2NO2S2/c11-9-1-2-17-10(9)18(15,16)14-8-4-6(12)3-7(13)5-8/h1-5,14H. The predicted molar refractivity (Wildman–Crippen MR) is 79.3 cm³/mol. The Labute approximate surface area is 127 Å². The molecule has 96 valence electrons. The van der Waals surface area contributed by atoms with Crippen molar-refractivity contribution in [2.45, 2.75) is 4.21 Å². The van der Waals surface area contributed by atoms with Crippen molar-refractivity contribution < 1.29 is 8.42 Å². The molecular formula is C10H6BrCl2NO2S2. The molecule has 8 heteroatoms. The second kappa shape index (κ2) is 5.38. The lowest BCUT2D eigenvalue weighted by atomic mass is 10.3. The number of nitrogens with one attached hydrogen (secondary N) is 1. The van der Waals surface area contributed by atoms with E-state index >= 15 is 0 Å². The van der Waals surface area contributed by atoms with Crippen molar-refractivity contribution in [2.75, 3.05) is 4.72 Å². The third-order valence-corrected chi connectivity index (χ3v) is 6.43. The second-order valence-corrected chi connectivity index (χ2v) is 7.84. The molecule has 0 aliphatic heterocycles. The summed E-state index contributed by atoms with van der Waals surface area (Å²) < 4.78 is 27.3. The van der Waals surface area contributed by atoms with E-state index in [0.29, 0.717) is 20.2 Å². The van der Waals surface area contributed by atoms with Gasteiger partial charge in [-0.2, -0.15) is 0 Å². The molecule has 0 amide bonds. The van der Waals surface area contributed by atoms with Crippen molar-refractivity contribution in [1.29, 1.82) is 0 Å². The van der Waals surface area contributed by atoms with Gasteiger partial charge in [-0.1, -0.05) is 23.2 Å². The van der Waals surface area contributed by atoms with Gasteiger partial charge >= 0.3 is 0 Å². The van der Waals surface area contributed by atoms with Gasteiger partial charge in [0.15, 0.2) is 4.21 Å². The summed E-state index contributed by atoms with van der Waals surface area (Å²) in [6, 6.07) is 6.19. The molecule has 0 atom stereocenters. The number of halogens is 3. The van der Waals surface area contributed by atoms with Crippen LogP contribution in [0.25, 0.3) is 0 Å². The maximum absolute atomic E-state index is 12.1. The Morgan fingerprint density at radius 2 is 1.78 bits per heavy atom. The molecule has 0 aliphatic carbocycles. The van der Waals surface area contributed by atoms with E-state index in [-0.39, 0.29) is 4.21 Å². The summed E-state index contributed by atoms with van der Waals surface area (Å²) in [5.41, 5.74) is 0.327. The average Bonchev–Trinajstić information content (AvgIpc) is 2.62. The molecule has 0 aliphatic rings. The van der Waals surface area contributed by atoms with E-state index in [4.69, 9.17) is 23.2 Å². The summed E-state index contributed by atoms with van der Waals surface area (Å²) >= 11 is 15.9. The van der Waals surface area contributed by atoms with Gasteiger partial charge in [-0.05, 0) is 45.6 Å². The Kier molecular flexibility index (Phi) is 4.23. The van der Waals surface area contributed by atoms with Gasteiger partial charge in [0.05, 0.1) is 5.69 Å². The number of anilines is 1.